The van der Waals surface area contributed by atoms with Crippen molar-refractivity contribution >= 4 is 27.5 Å². The number of aryl methyl sites for hydroxylation is 1. The van der Waals surface area contributed by atoms with E-state index in [1.54, 1.807) is 94.4 Å². The maximum absolute atomic E-state index is 13.5. The van der Waals surface area contributed by atoms with Crippen molar-refractivity contribution in [3.63, 3.8) is 0 Å². The SMILES string of the molecule is Cc1cc(C(=O)Nc2ccccc2-c2ccccc2S(=O)(=O)NC(C)(C)C)n(-c2cccc(C(N)=NO)n2)n1. The van der Waals surface area contributed by atoms with Gasteiger partial charge in [-0.1, -0.05) is 47.6 Å². The van der Waals surface area contributed by atoms with Crippen LogP contribution in [0.3, 0.4) is 0 Å². The standard InChI is InChI=1S/C27H29N7O4S/c1-17-16-22(34(31-17)24-15-9-13-21(29-24)25(28)32-36)26(35)30-20-12-7-5-10-18(20)19-11-6-8-14-23(19)39(37,38)33-27(2,3)4/h5-16,33,36H,1-4H3,(H2,28,32)(H,30,35). The van der Waals surface area contributed by atoms with Crippen molar-refractivity contribution in [3.8, 4) is 16.9 Å². The summed E-state index contributed by atoms with van der Waals surface area (Å²) in [6.07, 6.45) is 0. The number of carbonyl (C=O) groups is 1. The predicted molar refractivity (Wildman–Crippen MR) is 149 cm³/mol. The van der Waals surface area contributed by atoms with Gasteiger partial charge in [-0.25, -0.2) is 22.8 Å². The molecule has 202 valence electrons. The Morgan fingerprint density at radius 1 is 1.00 bits per heavy atom. The summed E-state index contributed by atoms with van der Waals surface area (Å²) < 4.78 is 30.5. The van der Waals surface area contributed by atoms with Gasteiger partial charge in [-0.2, -0.15) is 5.10 Å². The zero-order valence-electron chi connectivity index (χ0n) is 21.9. The molecule has 0 saturated carbocycles. The van der Waals surface area contributed by atoms with Crippen molar-refractivity contribution in [2.24, 2.45) is 10.9 Å². The number of nitrogens with two attached hydrogens (primary N) is 1. The number of nitrogens with zero attached hydrogens (tertiary/aromatic N) is 4. The minimum atomic E-state index is -3.87. The number of hydrogen-bond donors (Lipinski definition) is 4. The number of para-hydroxylation sites is 1. The van der Waals surface area contributed by atoms with E-state index in [0.29, 0.717) is 22.5 Å². The number of hydrogen-bond acceptors (Lipinski definition) is 7. The lowest BCUT2D eigenvalue weighted by molar-refractivity contribution is 0.101. The summed E-state index contributed by atoms with van der Waals surface area (Å²) in [6.45, 7) is 7.03. The van der Waals surface area contributed by atoms with Gasteiger partial charge in [-0.15, -0.1) is 0 Å². The van der Waals surface area contributed by atoms with Crippen molar-refractivity contribution in [1.82, 2.24) is 19.5 Å². The average Bonchev–Trinajstić information content (AvgIpc) is 3.29. The van der Waals surface area contributed by atoms with Gasteiger partial charge in [0, 0.05) is 22.4 Å². The van der Waals surface area contributed by atoms with E-state index in [2.05, 4.69) is 25.3 Å². The zero-order chi connectivity index (χ0) is 28.4. The molecule has 5 N–H and O–H groups in total. The quantitative estimate of drug-likeness (QED) is 0.119. The van der Waals surface area contributed by atoms with Gasteiger partial charge in [-0.05, 0) is 58.0 Å². The van der Waals surface area contributed by atoms with Crippen LogP contribution in [0.1, 0.15) is 42.6 Å². The largest absolute Gasteiger partial charge is 0.409 e. The fraction of sp³-hybridized carbons (Fsp3) is 0.185. The minimum Gasteiger partial charge on any atom is -0.409 e. The number of anilines is 1. The van der Waals surface area contributed by atoms with Gasteiger partial charge in [0.25, 0.3) is 5.91 Å². The first-order chi connectivity index (χ1) is 18.4. The minimum absolute atomic E-state index is 0.0895. The van der Waals surface area contributed by atoms with E-state index in [1.807, 2.05) is 0 Å². The van der Waals surface area contributed by atoms with Crippen molar-refractivity contribution in [1.29, 1.82) is 0 Å². The smallest absolute Gasteiger partial charge is 0.274 e. The number of amides is 1. The fourth-order valence-electron chi connectivity index (χ4n) is 3.97. The third-order valence-electron chi connectivity index (χ3n) is 5.47. The predicted octanol–water partition coefficient (Wildman–Crippen LogP) is 3.67. The van der Waals surface area contributed by atoms with Gasteiger partial charge in [0.15, 0.2) is 11.7 Å². The van der Waals surface area contributed by atoms with Crippen molar-refractivity contribution in [2.45, 2.75) is 38.1 Å². The Morgan fingerprint density at radius 2 is 1.67 bits per heavy atom. The molecule has 12 heteroatoms. The summed E-state index contributed by atoms with van der Waals surface area (Å²) in [5, 5.41) is 19.3. The van der Waals surface area contributed by atoms with E-state index in [-0.39, 0.29) is 27.9 Å². The van der Waals surface area contributed by atoms with E-state index < -0.39 is 21.5 Å². The molecule has 39 heavy (non-hydrogen) atoms. The van der Waals surface area contributed by atoms with Crippen LogP contribution in [0.2, 0.25) is 0 Å². The van der Waals surface area contributed by atoms with Crippen LogP contribution < -0.4 is 15.8 Å². The summed E-state index contributed by atoms with van der Waals surface area (Å²) in [5.74, 6) is -0.391. The molecule has 2 aromatic heterocycles. The Balaban J connectivity index is 1.74. The lowest BCUT2D eigenvalue weighted by atomic mass is 10.0. The summed E-state index contributed by atoms with van der Waals surface area (Å²) >= 11 is 0. The Morgan fingerprint density at radius 3 is 2.36 bits per heavy atom. The molecule has 4 rings (SSSR count). The van der Waals surface area contributed by atoms with Gasteiger partial charge in [0.2, 0.25) is 10.0 Å². The van der Waals surface area contributed by atoms with E-state index in [4.69, 9.17) is 10.9 Å². The molecule has 0 fully saturated rings. The molecule has 0 spiro atoms. The summed E-state index contributed by atoms with van der Waals surface area (Å²) in [5.41, 5.74) is 7.31. The van der Waals surface area contributed by atoms with E-state index in [0.717, 1.165) is 0 Å². The van der Waals surface area contributed by atoms with Crippen LogP contribution in [-0.2, 0) is 10.0 Å². The first kappa shape index (κ1) is 27.5. The lowest BCUT2D eigenvalue weighted by Crippen LogP contribution is -2.40. The maximum Gasteiger partial charge on any atom is 0.274 e. The Kier molecular flexibility index (Phi) is 7.52. The summed E-state index contributed by atoms with van der Waals surface area (Å²) in [6, 6.07) is 20.0. The van der Waals surface area contributed by atoms with Crippen LogP contribution >= 0.6 is 0 Å². The molecule has 0 aliphatic rings. The molecule has 2 heterocycles. The normalized spacial score (nSPS) is 12.4. The van der Waals surface area contributed by atoms with Crippen LogP contribution in [0.4, 0.5) is 5.69 Å². The van der Waals surface area contributed by atoms with Crippen LogP contribution in [0, 0.1) is 6.92 Å². The molecule has 11 nitrogen and oxygen atoms in total. The highest BCUT2D eigenvalue weighted by atomic mass is 32.2. The number of benzene rings is 2. The van der Waals surface area contributed by atoms with Crippen molar-refractivity contribution in [3.05, 3.63) is 89.9 Å². The van der Waals surface area contributed by atoms with Crippen LogP contribution in [0.25, 0.3) is 16.9 Å². The zero-order valence-corrected chi connectivity index (χ0v) is 22.7. The molecule has 0 bridgehead atoms. The van der Waals surface area contributed by atoms with Crippen molar-refractivity contribution in [2.75, 3.05) is 5.32 Å². The highest BCUT2D eigenvalue weighted by Crippen LogP contribution is 2.33. The van der Waals surface area contributed by atoms with Gasteiger partial charge in [0.1, 0.15) is 11.4 Å². The van der Waals surface area contributed by atoms with Gasteiger partial charge in [0.05, 0.1) is 10.6 Å². The van der Waals surface area contributed by atoms with Crippen LogP contribution in [0.5, 0.6) is 0 Å². The van der Waals surface area contributed by atoms with E-state index >= 15 is 0 Å². The molecule has 2 aromatic carbocycles. The molecule has 0 unspecified atom stereocenters. The number of amidine groups is 1. The van der Waals surface area contributed by atoms with Crippen molar-refractivity contribution < 1.29 is 18.4 Å². The monoisotopic (exact) mass is 547 g/mol. The molecule has 0 atom stereocenters. The molecular formula is C27H29N7O4S. The highest BCUT2D eigenvalue weighted by Gasteiger charge is 2.26. The molecule has 0 aliphatic heterocycles. The Bertz CT molecular complexity index is 1670. The Labute approximate surface area is 226 Å². The number of sulfonamides is 1. The lowest BCUT2D eigenvalue weighted by Gasteiger charge is -2.22. The van der Waals surface area contributed by atoms with E-state index in [1.165, 1.54) is 10.7 Å². The third kappa shape index (κ3) is 6.13. The van der Waals surface area contributed by atoms with Gasteiger partial charge >= 0.3 is 0 Å². The average molecular weight is 548 g/mol. The molecule has 4 aromatic rings. The Hall–Kier alpha value is -4.55. The van der Waals surface area contributed by atoms with Crippen LogP contribution in [-0.4, -0.2) is 45.7 Å². The summed E-state index contributed by atoms with van der Waals surface area (Å²) in [4.78, 5) is 18.0. The highest BCUT2D eigenvalue weighted by molar-refractivity contribution is 7.89. The second-order valence-corrected chi connectivity index (χ2v) is 11.5. The topological polar surface area (TPSA) is 165 Å². The number of carbonyl (C=O) groups excluding carboxylic acids is 1. The van der Waals surface area contributed by atoms with E-state index in [9.17, 15) is 13.2 Å². The number of aromatic nitrogens is 3. The number of nitrogens with one attached hydrogen (secondary N) is 2. The molecule has 0 radical (unpaired) electrons. The third-order valence-corrected chi connectivity index (χ3v) is 7.28. The molecule has 0 aliphatic carbocycles. The van der Waals surface area contributed by atoms with Gasteiger partial charge < -0.3 is 16.3 Å². The fourth-order valence-corrected chi connectivity index (χ4v) is 5.61. The molecular weight excluding hydrogens is 518 g/mol. The van der Waals surface area contributed by atoms with Gasteiger partial charge in [-0.3, -0.25) is 4.79 Å². The second-order valence-electron chi connectivity index (χ2n) is 9.80. The maximum atomic E-state index is 13.5. The summed E-state index contributed by atoms with van der Waals surface area (Å²) in [7, 11) is -3.87. The van der Waals surface area contributed by atoms with Crippen LogP contribution in [0.15, 0.2) is 82.8 Å². The number of oxime groups is 1. The number of pyridine rings is 1. The first-order valence-electron chi connectivity index (χ1n) is 12.0. The first-order valence-corrected chi connectivity index (χ1v) is 13.4. The molecule has 1 amide bonds. The second kappa shape index (κ2) is 10.7. The number of rotatable bonds is 7. The molecule has 0 saturated heterocycles.